The topological polar surface area (TPSA) is 72.8 Å². The summed E-state index contributed by atoms with van der Waals surface area (Å²) < 4.78 is 5.43. The van der Waals surface area contributed by atoms with Gasteiger partial charge >= 0.3 is 0 Å². The molecule has 0 spiro atoms. The lowest BCUT2D eigenvalue weighted by Crippen LogP contribution is -2.30. The van der Waals surface area contributed by atoms with E-state index in [0.717, 1.165) is 30.8 Å². The second-order valence-electron chi connectivity index (χ2n) is 4.41. The van der Waals surface area contributed by atoms with E-state index < -0.39 is 0 Å². The molecule has 3 heterocycles. The van der Waals surface area contributed by atoms with E-state index in [2.05, 4.69) is 25.3 Å². The molecule has 1 unspecified atom stereocenters. The normalized spacial score (nSPS) is 19.1. The molecule has 1 atom stereocenters. The van der Waals surface area contributed by atoms with Gasteiger partial charge in [0, 0.05) is 25.2 Å². The third-order valence-electron chi connectivity index (χ3n) is 2.97. The van der Waals surface area contributed by atoms with Gasteiger partial charge in [-0.25, -0.2) is 9.97 Å². The van der Waals surface area contributed by atoms with Crippen molar-refractivity contribution in [2.24, 2.45) is 0 Å². The number of nitrogens with one attached hydrogen (secondary N) is 1. The van der Waals surface area contributed by atoms with Crippen molar-refractivity contribution in [2.75, 3.05) is 18.5 Å². The number of hydrogen-bond acceptors (Lipinski definition) is 6. The molecule has 1 N–H and O–H groups in total. The molecule has 0 amide bonds. The molecule has 2 aromatic rings. The van der Waals surface area contributed by atoms with Gasteiger partial charge < -0.3 is 10.1 Å². The van der Waals surface area contributed by atoms with Crippen LogP contribution < -0.4 is 5.32 Å². The Morgan fingerprint density at radius 1 is 1.16 bits per heavy atom. The van der Waals surface area contributed by atoms with Gasteiger partial charge in [-0.2, -0.15) is 0 Å². The number of ether oxygens (including phenoxy) is 1. The lowest BCUT2D eigenvalue weighted by Gasteiger charge is -2.23. The molecule has 0 aliphatic carbocycles. The van der Waals surface area contributed by atoms with Gasteiger partial charge in [0.05, 0.1) is 24.5 Å². The smallest absolute Gasteiger partial charge is 0.223 e. The van der Waals surface area contributed by atoms with Gasteiger partial charge in [0.2, 0.25) is 5.95 Å². The molecule has 1 fully saturated rings. The van der Waals surface area contributed by atoms with Crippen LogP contribution in [-0.4, -0.2) is 39.2 Å². The number of aromatic nitrogens is 4. The molecule has 6 nitrogen and oxygen atoms in total. The fraction of sp³-hybridized carbons (Fsp3) is 0.385. The Labute approximate surface area is 111 Å². The summed E-state index contributed by atoms with van der Waals surface area (Å²) in [6, 6.07) is 2.11. The molecule has 0 bridgehead atoms. The predicted molar refractivity (Wildman–Crippen MR) is 70.5 cm³/mol. The summed E-state index contributed by atoms with van der Waals surface area (Å²) in [6.07, 6.45) is 8.86. The Hall–Kier alpha value is -2.08. The van der Waals surface area contributed by atoms with Gasteiger partial charge in [-0.15, -0.1) is 0 Å². The van der Waals surface area contributed by atoms with E-state index in [9.17, 15) is 0 Å². The first-order valence-corrected chi connectivity index (χ1v) is 6.35. The fourth-order valence-electron chi connectivity index (χ4n) is 2.04. The van der Waals surface area contributed by atoms with Crippen LogP contribution >= 0.6 is 0 Å². The highest BCUT2D eigenvalue weighted by Gasteiger charge is 2.14. The van der Waals surface area contributed by atoms with Crippen LogP contribution in [0.3, 0.4) is 0 Å². The molecule has 98 valence electrons. The predicted octanol–water partition coefficient (Wildman–Crippen LogP) is 1.52. The Bertz CT molecular complexity index is 528. The van der Waals surface area contributed by atoms with Gasteiger partial charge in [-0.3, -0.25) is 9.97 Å². The van der Waals surface area contributed by atoms with E-state index in [1.54, 1.807) is 24.8 Å². The molecule has 2 aromatic heterocycles. The van der Waals surface area contributed by atoms with E-state index in [0.29, 0.717) is 12.6 Å². The maximum atomic E-state index is 5.43. The highest BCUT2D eigenvalue weighted by Crippen LogP contribution is 2.15. The first-order valence-electron chi connectivity index (χ1n) is 6.35. The average Bonchev–Trinajstić information content (AvgIpc) is 2.49. The minimum atomic E-state index is 0.283. The highest BCUT2D eigenvalue weighted by atomic mass is 16.5. The number of anilines is 1. The van der Waals surface area contributed by atoms with E-state index in [1.807, 2.05) is 6.07 Å². The molecule has 0 saturated carbocycles. The Morgan fingerprint density at radius 2 is 2.16 bits per heavy atom. The van der Waals surface area contributed by atoms with Crippen molar-refractivity contribution in [3.05, 3.63) is 30.9 Å². The van der Waals surface area contributed by atoms with Crippen molar-refractivity contribution in [1.82, 2.24) is 19.9 Å². The van der Waals surface area contributed by atoms with Gasteiger partial charge in [-0.1, -0.05) is 0 Å². The molecule has 0 aromatic carbocycles. The lowest BCUT2D eigenvalue weighted by molar-refractivity contribution is 0.0874. The SMILES string of the molecule is c1cnc(-c2ccnc(NC3CCCOC3)n2)cn1. The third kappa shape index (κ3) is 3.03. The maximum Gasteiger partial charge on any atom is 0.223 e. The second kappa shape index (κ2) is 5.71. The molecule has 1 aliphatic rings. The van der Waals surface area contributed by atoms with Crippen LogP contribution in [0.4, 0.5) is 5.95 Å². The first-order chi connectivity index (χ1) is 9.42. The second-order valence-corrected chi connectivity index (χ2v) is 4.41. The van der Waals surface area contributed by atoms with Gasteiger partial charge in [-0.05, 0) is 18.9 Å². The van der Waals surface area contributed by atoms with E-state index in [-0.39, 0.29) is 6.04 Å². The van der Waals surface area contributed by atoms with Crippen LogP contribution in [0.2, 0.25) is 0 Å². The zero-order chi connectivity index (χ0) is 12.9. The van der Waals surface area contributed by atoms with Crippen LogP contribution in [0, 0.1) is 0 Å². The summed E-state index contributed by atoms with van der Waals surface area (Å²) in [7, 11) is 0. The van der Waals surface area contributed by atoms with Gasteiger partial charge in [0.15, 0.2) is 0 Å². The van der Waals surface area contributed by atoms with Crippen LogP contribution in [0.25, 0.3) is 11.4 Å². The minimum absolute atomic E-state index is 0.283. The van der Waals surface area contributed by atoms with Crippen molar-refractivity contribution < 1.29 is 4.74 Å². The van der Waals surface area contributed by atoms with E-state index in [4.69, 9.17) is 4.74 Å². The summed E-state index contributed by atoms with van der Waals surface area (Å²) >= 11 is 0. The van der Waals surface area contributed by atoms with Crippen molar-refractivity contribution in [3.63, 3.8) is 0 Å². The number of nitrogens with zero attached hydrogens (tertiary/aromatic N) is 4. The Balaban J connectivity index is 1.76. The molecule has 3 rings (SSSR count). The fourth-order valence-corrected chi connectivity index (χ4v) is 2.04. The Morgan fingerprint density at radius 3 is 2.95 bits per heavy atom. The number of rotatable bonds is 3. The minimum Gasteiger partial charge on any atom is -0.379 e. The standard InChI is InChI=1S/C13H15N5O/c1-2-10(9-19-7-1)17-13-16-4-3-11(18-13)12-8-14-5-6-15-12/h3-6,8,10H,1-2,7,9H2,(H,16,17,18). The van der Waals surface area contributed by atoms with Crippen molar-refractivity contribution >= 4 is 5.95 Å². The zero-order valence-corrected chi connectivity index (χ0v) is 10.5. The molecular formula is C13H15N5O. The average molecular weight is 257 g/mol. The Kier molecular flexibility index (Phi) is 3.60. The van der Waals surface area contributed by atoms with Crippen molar-refractivity contribution in [3.8, 4) is 11.4 Å². The van der Waals surface area contributed by atoms with Gasteiger partial charge in [0.25, 0.3) is 0 Å². The summed E-state index contributed by atoms with van der Waals surface area (Å²) in [5.41, 5.74) is 1.51. The third-order valence-corrected chi connectivity index (χ3v) is 2.97. The van der Waals surface area contributed by atoms with Crippen molar-refractivity contribution in [2.45, 2.75) is 18.9 Å². The lowest BCUT2D eigenvalue weighted by atomic mass is 10.1. The van der Waals surface area contributed by atoms with Crippen LogP contribution in [0.5, 0.6) is 0 Å². The van der Waals surface area contributed by atoms with Gasteiger partial charge in [0.1, 0.15) is 5.69 Å². The first kappa shape index (κ1) is 12.0. The summed E-state index contributed by atoms with van der Waals surface area (Å²) in [4.78, 5) is 17.0. The zero-order valence-electron chi connectivity index (χ0n) is 10.5. The summed E-state index contributed by atoms with van der Waals surface area (Å²) in [5, 5.41) is 3.30. The molecule has 1 saturated heterocycles. The number of hydrogen-bond donors (Lipinski definition) is 1. The molecule has 1 aliphatic heterocycles. The molecular weight excluding hydrogens is 242 g/mol. The summed E-state index contributed by atoms with van der Waals surface area (Å²) in [6.45, 7) is 1.55. The van der Waals surface area contributed by atoms with E-state index in [1.165, 1.54) is 0 Å². The summed E-state index contributed by atoms with van der Waals surface area (Å²) in [5.74, 6) is 0.610. The largest absolute Gasteiger partial charge is 0.379 e. The molecule has 0 radical (unpaired) electrons. The van der Waals surface area contributed by atoms with Crippen LogP contribution in [0.15, 0.2) is 30.9 Å². The monoisotopic (exact) mass is 257 g/mol. The maximum absolute atomic E-state index is 5.43. The van der Waals surface area contributed by atoms with Crippen molar-refractivity contribution in [1.29, 1.82) is 0 Å². The van der Waals surface area contributed by atoms with E-state index >= 15 is 0 Å². The highest BCUT2D eigenvalue weighted by molar-refractivity contribution is 5.53. The molecule has 6 heteroatoms. The van der Waals surface area contributed by atoms with Crippen LogP contribution in [-0.2, 0) is 4.74 Å². The quantitative estimate of drug-likeness (QED) is 0.898. The van der Waals surface area contributed by atoms with Crippen LogP contribution in [0.1, 0.15) is 12.8 Å². The molecule has 19 heavy (non-hydrogen) atoms.